The van der Waals surface area contributed by atoms with Crippen molar-refractivity contribution in [2.24, 2.45) is 0 Å². The molecule has 0 heterocycles. The highest BCUT2D eigenvalue weighted by Crippen LogP contribution is 2.19. The number of rotatable bonds is 5. The Balaban J connectivity index is 2.83. The van der Waals surface area contributed by atoms with E-state index in [1.165, 1.54) is 0 Å². The fourth-order valence-corrected chi connectivity index (χ4v) is 1.57. The number of aliphatic hydroxyl groups excluding tert-OH is 1. The minimum Gasteiger partial charge on any atom is -0.496 e. The van der Waals surface area contributed by atoms with E-state index < -0.39 is 0 Å². The molecule has 0 saturated heterocycles. The Kier molecular flexibility index (Phi) is 4.97. The first kappa shape index (κ1) is 13.5. The summed E-state index contributed by atoms with van der Waals surface area (Å²) in [6, 6.07) is 5.41. The Morgan fingerprint density at radius 1 is 1.53 bits per heavy atom. The van der Waals surface area contributed by atoms with Crippen molar-refractivity contribution in [2.45, 2.75) is 26.3 Å². The molecule has 0 aliphatic rings. The lowest BCUT2D eigenvalue weighted by molar-refractivity contribution is 0.0931. The van der Waals surface area contributed by atoms with Crippen LogP contribution >= 0.6 is 0 Å². The smallest absolute Gasteiger partial charge is 0.255 e. The molecule has 0 spiro atoms. The fraction of sp³-hybridized carbons (Fsp3) is 0.462. The van der Waals surface area contributed by atoms with Crippen LogP contribution < -0.4 is 10.1 Å². The molecule has 0 aliphatic carbocycles. The molecule has 1 atom stereocenters. The Bertz CT molecular complexity index is 390. The number of benzene rings is 1. The number of carbonyl (C=O) groups is 1. The Morgan fingerprint density at radius 3 is 2.82 bits per heavy atom. The highest BCUT2D eigenvalue weighted by Gasteiger charge is 2.14. The van der Waals surface area contributed by atoms with Crippen molar-refractivity contribution in [1.29, 1.82) is 0 Å². The third-order valence-electron chi connectivity index (χ3n) is 2.54. The summed E-state index contributed by atoms with van der Waals surface area (Å²) in [6.07, 6.45) is 0.542. The summed E-state index contributed by atoms with van der Waals surface area (Å²) in [4.78, 5) is 12.0. The van der Waals surface area contributed by atoms with Gasteiger partial charge in [-0.3, -0.25) is 4.79 Å². The minimum absolute atomic E-state index is 0.0577. The summed E-state index contributed by atoms with van der Waals surface area (Å²) in [5.74, 6) is 0.385. The van der Waals surface area contributed by atoms with Crippen LogP contribution in [0.15, 0.2) is 18.2 Å². The highest BCUT2D eigenvalue weighted by atomic mass is 16.5. The molecule has 1 aromatic carbocycles. The summed E-state index contributed by atoms with van der Waals surface area (Å²) in [5.41, 5.74) is 1.53. The van der Waals surface area contributed by atoms with E-state index in [1.807, 2.05) is 19.9 Å². The van der Waals surface area contributed by atoms with Crippen LogP contribution in [-0.4, -0.2) is 30.8 Å². The van der Waals surface area contributed by atoms with Crippen LogP contribution in [0.5, 0.6) is 5.75 Å². The molecule has 94 valence electrons. The van der Waals surface area contributed by atoms with Crippen molar-refractivity contribution in [3.8, 4) is 5.75 Å². The van der Waals surface area contributed by atoms with Crippen LogP contribution in [0.2, 0.25) is 0 Å². The first-order valence-electron chi connectivity index (χ1n) is 5.65. The molecule has 1 rings (SSSR count). The van der Waals surface area contributed by atoms with Gasteiger partial charge in [-0.25, -0.2) is 0 Å². The third kappa shape index (κ3) is 3.75. The summed E-state index contributed by atoms with van der Waals surface area (Å²) >= 11 is 0. The van der Waals surface area contributed by atoms with Crippen LogP contribution in [0.3, 0.4) is 0 Å². The molecule has 0 fully saturated rings. The van der Waals surface area contributed by atoms with E-state index in [4.69, 9.17) is 9.84 Å². The van der Waals surface area contributed by atoms with E-state index in [0.29, 0.717) is 17.7 Å². The van der Waals surface area contributed by atoms with E-state index in [0.717, 1.165) is 5.56 Å². The molecule has 4 heteroatoms. The lowest BCUT2D eigenvalue weighted by Gasteiger charge is -2.14. The minimum atomic E-state index is -0.175. The van der Waals surface area contributed by atoms with Crippen LogP contribution in [0.4, 0.5) is 0 Å². The zero-order chi connectivity index (χ0) is 12.8. The quantitative estimate of drug-likeness (QED) is 0.816. The van der Waals surface area contributed by atoms with E-state index in [2.05, 4.69) is 5.32 Å². The van der Waals surface area contributed by atoms with Gasteiger partial charge in [0.25, 0.3) is 5.91 Å². The molecule has 1 amide bonds. The first-order chi connectivity index (χ1) is 8.08. The number of aliphatic hydroxyl groups is 1. The zero-order valence-corrected chi connectivity index (χ0v) is 10.5. The number of hydrogen-bond acceptors (Lipinski definition) is 3. The largest absolute Gasteiger partial charge is 0.496 e. The third-order valence-corrected chi connectivity index (χ3v) is 2.54. The maximum Gasteiger partial charge on any atom is 0.255 e. The van der Waals surface area contributed by atoms with Crippen molar-refractivity contribution >= 4 is 5.91 Å². The van der Waals surface area contributed by atoms with Crippen molar-refractivity contribution in [3.05, 3.63) is 29.3 Å². The lowest BCUT2D eigenvalue weighted by atomic mass is 10.1. The van der Waals surface area contributed by atoms with Crippen LogP contribution in [-0.2, 0) is 0 Å². The topological polar surface area (TPSA) is 58.6 Å². The van der Waals surface area contributed by atoms with Crippen molar-refractivity contribution in [2.75, 3.05) is 13.7 Å². The fourth-order valence-electron chi connectivity index (χ4n) is 1.57. The molecule has 0 aromatic heterocycles. The number of amides is 1. The molecule has 0 saturated carbocycles. The Morgan fingerprint density at radius 2 is 2.24 bits per heavy atom. The molecule has 0 aliphatic heterocycles. The summed E-state index contributed by atoms with van der Waals surface area (Å²) in [6.45, 7) is 3.84. The highest BCUT2D eigenvalue weighted by molar-refractivity contribution is 5.97. The second-order valence-corrected chi connectivity index (χ2v) is 4.09. The summed E-state index contributed by atoms with van der Waals surface area (Å²) in [7, 11) is 1.54. The van der Waals surface area contributed by atoms with Gasteiger partial charge < -0.3 is 15.2 Å². The standard InChI is InChI=1S/C13H19NO3/c1-9-4-5-12(17-3)11(8-9)13(16)14-10(2)6-7-15/h4-5,8,10,15H,6-7H2,1-3H3,(H,14,16). The average molecular weight is 237 g/mol. The van der Waals surface area contributed by atoms with Crippen molar-refractivity contribution < 1.29 is 14.6 Å². The van der Waals surface area contributed by atoms with E-state index in [1.54, 1.807) is 19.2 Å². The van der Waals surface area contributed by atoms with Gasteiger partial charge in [0.05, 0.1) is 12.7 Å². The van der Waals surface area contributed by atoms with Gasteiger partial charge in [0.15, 0.2) is 0 Å². The number of nitrogens with one attached hydrogen (secondary N) is 1. The molecular weight excluding hydrogens is 218 g/mol. The van der Waals surface area contributed by atoms with Gasteiger partial charge in [0, 0.05) is 12.6 Å². The lowest BCUT2D eigenvalue weighted by Crippen LogP contribution is -2.33. The summed E-state index contributed by atoms with van der Waals surface area (Å²) in [5, 5.41) is 11.6. The summed E-state index contributed by atoms with van der Waals surface area (Å²) < 4.78 is 5.15. The first-order valence-corrected chi connectivity index (χ1v) is 5.65. The number of aryl methyl sites for hydroxylation is 1. The average Bonchev–Trinajstić information content (AvgIpc) is 2.29. The molecule has 0 bridgehead atoms. The van der Waals surface area contributed by atoms with Gasteiger partial charge in [-0.05, 0) is 32.4 Å². The Hall–Kier alpha value is -1.55. The maximum absolute atomic E-state index is 12.0. The molecular formula is C13H19NO3. The monoisotopic (exact) mass is 237 g/mol. The van der Waals surface area contributed by atoms with Crippen LogP contribution in [0.1, 0.15) is 29.3 Å². The normalized spacial score (nSPS) is 12.0. The second-order valence-electron chi connectivity index (χ2n) is 4.09. The molecule has 0 radical (unpaired) electrons. The van der Waals surface area contributed by atoms with E-state index in [-0.39, 0.29) is 18.6 Å². The van der Waals surface area contributed by atoms with Gasteiger partial charge in [0.2, 0.25) is 0 Å². The second kappa shape index (κ2) is 6.25. The Labute approximate surface area is 102 Å². The van der Waals surface area contributed by atoms with Gasteiger partial charge in [-0.15, -0.1) is 0 Å². The van der Waals surface area contributed by atoms with Crippen LogP contribution in [0, 0.1) is 6.92 Å². The van der Waals surface area contributed by atoms with Gasteiger partial charge >= 0.3 is 0 Å². The van der Waals surface area contributed by atoms with E-state index >= 15 is 0 Å². The van der Waals surface area contributed by atoms with Crippen molar-refractivity contribution in [1.82, 2.24) is 5.32 Å². The molecule has 2 N–H and O–H groups in total. The predicted octanol–water partition coefficient (Wildman–Crippen LogP) is 1.50. The van der Waals surface area contributed by atoms with Crippen molar-refractivity contribution in [3.63, 3.8) is 0 Å². The SMILES string of the molecule is COc1ccc(C)cc1C(=O)NC(C)CCO. The van der Waals surface area contributed by atoms with Gasteiger partial charge in [0.1, 0.15) is 5.75 Å². The number of methoxy groups -OCH3 is 1. The van der Waals surface area contributed by atoms with Gasteiger partial charge in [-0.1, -0.05) is 11.6 Å². The van der Waals surface area contributed by atoms with Gasteiger partial charge in [-0.2, -0.15) is 0 Å². The number of hydrogen-bond donors (Lipinski definition) is 2. The van der Waals surface area contributed by atoms with E-state index in [9.17, 15) is 4.79 Å². The predicted molar refractivity (Wildman–Crippen MR) is 66.4 cm³/mol. The molecule has 4 nitrogen and oxygen atoms in total. The van der Waals surface area contributed by atoms with Crippen LogP contribution in [0.25, 0.3) is 0 Å². The number of carbonyl (C=O) groups excluding carboxylic acids is 1. The molecule has 17 heavy (non-hydrogen) atoms. The maximum atomic E-state index is 12.0. The molecule has 1 unspecified atom stereocenters. The zero-order valence-electron chi connectivity index (χ0n) is 10.5. The molecule has 1 aromatic rings. The number of ether oxygens (including phenoxy) is 1.